The second kappa shape index (κ2) is 15.6. The van der Waals surface area contributed by atoms with E-state index in [1.165, 1.54) is 0 Å². The van der Waals surface area contributed by atoms with Crippen molar-refractivity contribution in [3.05, 3.63) is 67.1 Å². The van der Waals surface area contributed by atoms with Gasteiger partial charge in [0.2, 0.25) is 0 Å². The first-order valence-corrected chi connectivity index (χ1v) is 13.8. The molecule has 1 aliphatic rings. The van der Waals surface area contributed by atoms with Gasteiger partial charge < -0.3 is 23.7 Å². The first-order valence-electron chi connectivity index (χ1n) is 13.8. The minimum absolute atomic E-state index is 0.386. The van der Waals surface area contributed by atoms with Gasteiger partial charge in [0.1, 0.15) is 35.2 Å². The van der Waals surface area contributed by atoms with Crippen molar-refractivity contribution in [2.45, 2.75) is 60.0 Å². The molecule has 40 heavy (non-hydrogen) atoms. The summed E-state index contributed by atoms with van der Waals surface area (Å²) in [6.07, 6.45) is 4.67. The third-order valence-electron chi connectivity index (χ3n) is 5.59. The molecule has 1 aromatic carbocycles. The number of anilines is 1. The molecule has 218 valence electrons. The number of allylic oxidation sites excluding steroid dienone is 3. The van der Waals surface area contributed by atoms with Gasteiger partial charge in [-0.1, -0.05) is 40.0 Å². The SMILES string of the molecule is C=C/C=C(\CC)OCCCOc1ccc(-c2ccc3c(c2)N(C(=O)OC(C)(C)C)CCO3)nc1C(=C)OC.CC. The summed E-state index contributed by atoms with van der Waals surface area (Å²) in [5.74, 6) is 2.45. The maximum absolute atomic E-state index is 12.9. The van der Waals surface area contributed by atoms with Crippen LogP contribution >= 0.6 is 0 Å². The summed E-state index contributed by atoms with van der Waals surface area (Å²) in [5.41, 5.74) is 2.01. The van der Waals surface area contributed by atoms with Gasteiger partial charge >= 0.3 is 6.09 Å². The third-order valence-corrected chi connectivity index (χ3v) is 5.59. The highest BCUT2D eigenvalue weighted by atomic mass is 16.6. The molecule has 0 radical (unpaired) electrons. The number of aromatic nitrogens is 1. The third kappa shape index (κ3) is 9.07. The van der Waals surface area contributed by atoms with Crippen LogP contribution in [0.25, 0.3) is 17.0 Å². The molecule has 0 N–H and O–H groups in total. The summed E-state index contributed by atoms with van der Waals surface area (Å²) in [6, 6.07) is 9.32. The molecule has 0 atom stereocenters. The topological polar surface area (TPSA) is 79.4 Å². The standard InChI is InChI=1S/C30H38N2O6.C2H6/c1-8-11-23(9-2)35-17-10-18-36-27-15-13-24(31-28(27)21(3)34-7)22-12-14-26-25(20-22)32(16-19-37-26)29(33)38-30(4,5)6;1-2/h8,11-15,20H,1,3,9-10,16-19H2,2,4-7H3;1-2H3/b23-11+;. The molecule has 8 nitrogen and oxygen atoms in total. The molecule has 0 fully saturated rings. The van der Waals surface area contributed by atoms with E-state index in [9.17, 15) is 4.79 Å². The van der Waals surface area contributed by atoms with Crippen LogP contribution < -0.4 is 14.4 Å². The number of carbonyl (C=O) groups excluding carboxylic acids is 1. The Morgan fingerprint density at radius 1 is 1.18 bits per heavy atom. The van der Waals surface area contributed by atoms with E-state index in [2.05, 4.69) is 13.2 Å². The Hall–Kier alpha value is -3.94. The summed E-state index contributed by atoms with van der Waals surface area (Å²) < 4.78 is 28.5. The molecule has 1 aromatic heterocycles. The zero-order valence-electron chi connectivity index (χ0n) is 25.0. The van der Waals surface area contributed by atoms with Crippen LogP contribution in [0.1, 0.15) is 60.1 Å². The number of hydrogen-bond donors (Lipinski definition) is 0. The van der Waals surface area contributed by atoms with Crippen LogP contribution in [0.5, 0.6) is 11.5 Å². The average molecular weight is 553 g/mol. The van der Waals surface area contributed by atoms with Crippen molar-refractivity contribution >= 4 is 17.5 Å². The monoisotopic (exact) mass is 552 g/mol. The average Bonchev–Trinajstić information content (AvgIpc) is 2.95. The molecule has 3 rings (SSSR count). The largest absolute Gasteiger partial charge is 0.498 e. The van der Waals surface area contributed by atoms with E-state index < -0.39 is 11.7 Å². The Kier molecular flexibility index (Phi) is 12.6. The van der Waals surface area contributed by atoms with Gasteiger partial charge in [-0.3, -0.25) is 4.90 Å². The zero-order chi connectivity index (χ0) is 29.7. The van der Waals surface area contributed by atoms with Crippen molar-refractivity contribution in [2.24, 2.45) is 0 Å². The number of benzene rings is 1. The first kappa shape index (κ1) is 32.3. The molecule has 8 heteroatoms. The molecule has 0 saturated heterocycles. The molecule has 1 amide bonds. The van der Waals surface area contributed by atoms with E-state index in [0.717, 1.165) is 17.7 Å². The van der Waals surface area contributed by atoms with Crippen LogP contribution in [0.15, 0.2) is 61.4 Å². The number of methoxy groups -OCH3 is 1. The molecular weight excluding hydrogens is 508 g/mol. The Morgan fingerprint density at radius 3 is 2.58 bits per heavy atom. The number of fused-ring (bicyclic) bond motifs is 1. The molecule has 0 unspecified atom stereocenters. The van der Waals surface area contributed by atoms with Crippen LogP contribution in [0.2, 0.25) is 0 Å². The fourth-order valence-corrected chi connectivity index (χ4v) is 3.75. The second-order valence-corrected chi connectivity index (χ2v) is 9.61. The van der Waals surface area contributed by atoms with Gasteiger partial charge in [-0.25, -0.2) is 9.78 Å². The fraction of sp³-hybridized carbons (Fsp3) is 0.438. The molecule has 2 heterocycles. The smallest absolute Gasteiger partial charge is 0.415 e. The van der Waals surface area contributed by atoms with Crippen LogP contribution in [0.3, 0.4) is 0 Å². The molecule has 0 saturated carbocycles. The number of nitrogens with zero attached hydrogens (tertiary/aromatic N) is 2. The Morgan fingerprint density at radius 2 is 1.93 bits per heavy atom. The lowest BCUT2D eigenvalue weighted by Gasteiger charge is -2.31. The highest BCUT2D eigenvalue weighted by Gasteiger charge is 2.28. The highest BCUT2D eigenvalue weighted by Crippen LogP contribution is 2.37. The Balaban J connectivity index is 0.00000274. The van der Waals surface area contributed by atoms with Crippen LogP contribution in [0.4, 0.5) is 10.5 Å². The highest BCUT2D eigenvalue weighted by molar-refractivity contribution is 5.91. The van der Waals surface area contributed by atoms with Gasteiger partial charge in [-0.05, 0) is 57.2 Å². The van der Waals surface area contributed by atoms with Crippen molar-refractivity contribution in [3.8, 4) is 22.8 Å². The Bertz CT molecular complexity index is 1180. The minimum Gasteiger partial charge on any atom is -0.498 e. The number of rotatable bonds is 11. The number of carbonyl (C=O) groups is 1. The van der Waals surface area contributed by atoms with Gasteiger partial charge in [0.05, 0.1) is 44.0 Å². The van der Waals surface area contributed by atoms with E-state index in [-0.39, 0.29) is 0 Å². The van der Waals surface area contributed by atoms with Crippen LogP contribution in [-0.4, -0.2) is 50.2 Å². The maximum atomic E-state index is 12.9. The van der Waals surface area contributed by atoms with Crippen molar-refractivity contribution in [1.82, 2.24) is 4.98 Å². The maximum Gasteiger partial charge on any atom is 0.415 e. The quantitative estimate of drug-likeness (QED) is 0.160. The predicted molar refractivity (Wildman–Crippen MR) is 161 cm³/mol. The van der Waals surface area contributed by atoms with Crippen LogP contribution in [-0.2, 0) is 14.2 Å². The minimum atomic E-state index is -0.604. The van der Waals surface area contributed by atoms with E-state index >= 15 is 0 Å². The number of pyridine rings is 1. The van der Waals surface area contributed by atoms with Crippen molar-refractivity contribution in [2.75, 3.05) is 38.4 Å². The van der Waals surface area contributed by atoms with Gasteiger partial charge in [0, 0.05) is 18.4 Å². The molecule has 2 aromatic rings. The Labute approximate surface area is 239 Å². The summed E-state index contributed by atoms with van der Waals surface area (Å²) in [5, 5.41) is 0. The zero-order valence-corrected chi connectivity index (χ0v) is 25.0. The van der Waals surface area contributed by atoms with Gasteiger partial charge in [-0.2, -0.15) is 0 Å². The summed E-state index contributed by atoms with van der Waals surface area (Å²) in [6.45, 7) is 21.0. The molecule has 1 aliphatic heterocycles. The lowest BCUT2D eigenvalue weighted by molar-refractivity contribution is 0.0568. The van der Waals surface area contributed by atoms with Crippen molar-refractivity contribution < 1.29 is 28.5 Å². The molecule has 0 aliphatic carbocycles. The summed E-state index contributed by atoms with van der Waals surface area (Å²) >= 11 is 0. The molecular formula is C32H44N2O6. The van der Waals surface area contributed by atoms with Gasteiger partial charge in [0.25, 0.3) is 0 Å². The first-order chi connectivity index (χ1) is 19.2. The number of amides is 1. The normalized spacial score (nSPS) is 12.7. The number of ether oxygens (including phenoxy) is 5. The van der Waals surface area contributed by atoms with E-state index in [1.54, 1.807) is 18.1 Å². The van der Waals surface area contributed by atoms with Crippen molar-refractivity contribution in [3.63, 3.8) is 0 Å². The summed E-state index contributed by atoms with van der Waals surface area (Å²) in [4.78, 5) is 19.2. The lowest BCUT2D eigenvalue weighted by atomic mass is 10.1. The van der Waals surface area contributed by atoms with Crippen LogP contribution in [0, 0.1) is 0 Å². The number of hydrogen-bond acceptors (Lipinski definition) is 7. The lowest BCUT2D eigenvalue weighted by Crippen LogP contribution is -2.41. The van der Waals surface area contributed by atoms with E-state index in [0.29, 0.717) is 67.1 Å². The fourth-order valence-electron chi connectivity index (χ4n) is 3.75. The second-order valence-electron chi connectivity index (χ2n) is 9.61. The molecule has 0 spiro atoms. The predicted octanol–water partition coefficient (Wildman–Crippen LogP) is 7.79. The van der Waals surface area contributed by atoms with Gasteiger partial charge in [0.15, 0.2) is 0 Å². The molecule has 0 bridgehead atoms. The van der Waals surface area contributed by atoms with Crippen molar-refractivity contribution in [1.29, 1.82) is 0 Å². The summed E-state index contributed by atoms with van der Waals surface area (Å²) in [7, 11) is 1.54. The van der Waals surface area contributed by atoms with E-state index in [4.69, 9.17) is 28.7 Å². The van der Waals surface area contributed by atoms with E-state index in [1.807, 2.05) is 78.0 Å². The van der Waals surface area contributed by atoms with Gasteiger partial charge in [-0.15, -0.1) is 0 Å².